The van der Waals surface area contributed by atoms with E-state index in [9.17, 15) is 0 Å². The predicted octanol–water partition coefficient (Wildman–Crippen LogP) is 4.91. The quantitative estimate of drug-likeness (QED) is 0.605. The van der Waals surface area contributed by atoms with Gasteiger partial charge in [-0.2, -0.15) is 0 Å². The monoisotopic (exact) mass is 376 g/mol. The van der Waals surface area contributed by atoms with Crippen LogP contribution in [0.4, 0.5) is 17.3 Å². The van der Waals surface area contributed by atoms with Crippen molar-refractivity contribution >= 4 is 17.3 Å². The van der Waals surface area contributed by atoms with Crippen molar-refractivity contribution in [2.24, 2.45) is 0 Å². The van der Waals surface area contributed by atoms with Crippen LogP contribution in [0.25, 0.3) is 0 Å². The van der Waals surface area contributed by atoms with Gasteiger partial charge in [-0.3, -0.25) is 0 Å². The van der Waals surface area contributed by atoms with Gasteiger partial charge < -0.3 is 15.0 Å². The van der Waals surface area contributed by atoms with Crippen LogP contribution in [-0.4, -0.2) is 30.2 Å². The second kappa shape index (κ2) is 9.22. The fourth-order valence-corrected chi connectivity index (χ4v) is 3.18. The second-order valence-corrected chi connectivity index (χ2v) is 6.77. The Labute approximate surface area is 167 Å². The molecule has 0 saturated heterocycles. The van der Waals surface area contributed by atoms with Crippen LogP contribution in [0.2, 0.25) is 0 Å². The zero-order valence-electron chi connectivity index (χ0n) is 17.1. The number of ether oxygens (including phenoxy) is 1. The van der Waals surface area contributed by atoms with E-state index in [2.05, 4.69) is 70.4 Å². The van der Waals surface area contributed by atoms with Gasteiger partial charge >= 0.3 is 0 Å². The number of anilines is 3. The zero-order chi connectivity index (χ0) is 19.9. The maximum Gasteiger partial charge on any atom is 0.138 e. The average molecular weight is 377 g/mol. The highest BCUT2D eigenvalue weighted by molar-refractivity contribution is 5.63. The topological polar surface area (TPSA) is 50.3 Å². The lowest BCUT2D eigenvalue weighted by Crippen LogP contribution is -2.19. The number of hydrogen-bond acceptors (Lipinski definition) is 5. The summed E-state index contributed by atoms with van der Waals surface area (Å²) in [6.45, 7) is 7.82. The Balaban J connectivity index is 1.71. The first kappa shape index (κ1) is 19.7. The van der Waals surface area contributed by atoms with Gasteiger partial charge in [0.15, 0.2) is 0 Å². The number of benzene rings is 2. The minimum atomic E-state index is 0.760. The lowest BCUT2D eigenvalue weighted by molar-refractivity contribution is 0.414. The molecule has 0 aliphatic carbocycles. The molecule has 146 valence electrons. The molecule has 1 heterocycles. The first-order chi connectivity index (χ1) is 13.6. The molecule has 5 nitrogen and oxygen atoms in total. The van der Waals surface area contributed by atoms with Gasteiger partial charge in [0, 0.05) is 24.8 Å². The third-order valence-corrected chi connectivity index (χ3v) is 4.61. The van der Waals surface area contributed by atoms with Crippen molar-refractivity contribution in [3.63, 3.8) is 0 Å². The largest absolute Gasteiger partial charge is 0.497 e. The molecule has 1 aromatic heterocycles. The fourth-order valence-electron chi connectivity index (χ4n) is 3.18. The SMILES string of the molecule is CCN(c1cccc(C)c1)c1cc(NCCc2ccc(OC)cc2)nc(C)n1. The Morgan fingerprint density at radius 3 is 2.46 bits per heavy atom. The predicted molar refractivity (Wildman–Crippen MR) is 116 cm³/mol. The summed E-state index contributed by atoms with van der Waals surface area (Å²) in [4.78, 5) is 11.4. The van der Waals surface area contributed by atoms with Crippen LogP contribution in [-0.2, 0) is 6.42 Å². The molecule has 0 fully saturated rings. The lowest BCUT2D eigenvalue weighted by atomic mass is 10.1. The summed E-state index contributed by atoms with van der Waals surface area (Å²) in [6.07, 6.45) is 0.914. The molecule has 0 atom stereocenters. The first-order valence-electron chi connectivity index (χ1n) is 9.65. The number of aromatic nitrogens is 2. The van der Waals surface area contributed by atoms with Crippen molar-refractivity contribution in [3.8, 4) is 5.75 Å². The summed E-state index contributed by atoms with van der Waals surface area (Å²) in [7, 11) is 1.68. The minimum absolute atomic E-state index is 0.760. The Hall–Kier alpha value is -3.08. The van der Waals surface area contributed by atoms with Crippen LogP contribution in [0.5, 0.6) is 5.75 Å². The molecule has 0 aliphatic heterocycles. The van der Waals surface area contributed by atoms with E-state index in [0.717, 1.165) is 48.4 Å². The van der Waals surface area contributed by atoms with Crippen molar-refractivity contribution in [1.29, 1.82) is 0 Å². The van der Waals surface area contributed by atoms with E-state index in [0.29, 0.717) is 0 Å². The minimum Gasteiger partial charge on any atom is -0.497 e. The van der Waals surface area contributed by atoms with Crippen LogP contribution < -0.4 is 15.0 Å². The van der Waals surface area contributed by atoms with Gasteiger partial charge in [-0.15, -0.1) is 0 Å². The molecule has 0 saturated carbocycles. The molecule has 3 rings (SSSR count). The molecule has 3 aromatic rings. The summed E-state index contributed by atoms with van der Waals surface area (Å²) in [5, 5.41) is 3.44. The molecule has 0 unspecified atom stereocenters. The molecule has 0 aliphatic rings. The molecule has 5 heteroatoms. The molecule has 0 spiro atoms. The summed E-state index contributed by atoms with van der Waals surface area (Å²) in [6, 6.07) is 18.7. The number of nitrogens with zero attached hydrogens (tertiary/aromatic N) is 3. The third-order valence-electron chi connectivity index (χ3n) is 4.61. The summed E-state index contributed by atoms with van der Waals surface area (Å²) < 4.78 is 5.21. The summed E-state index contributed by atoms with van der Waals surface area (Å²) in [5.74, 6) is 3.40. The van der Waals surface area contributed by atoms with Gasteiger partial charge in [0.2, 0.25) is 0 Å². The highest BCUT2D eigenvalue weighted by Gasteiger charge is 2.11. The molecule has 0 bridgehead atoms. The van der Waals surface area contributed by atoms with E-state index in [1.807, 2.05) is 25.1 Å². The Bertz CT molecular complexity index is 909. The molecule has 1 N–H and O–H groups in total. The van der Waals surface area contributed by atoms with Crippen molar-refractivity contribution in [2.75, 3.05) is 30.4 Å². The highest BCUT2D eigenvalue weighted by atomic mass is 16.5. The standard InChI is InChI=1S/C23H28N4O/c1-5-27(20-8-6-7-17(2)15-20)23-16-22(25-18(3)26-23)24-14-13-19-9-11-21(28-4)12-10-19/h6-12,15-16H,5,13-14H2,1-4H3,(H,24,25,26). The molecular weight excluding hydrogens is 348 g/mol. The van der Waals surface area contributed by atoms with Gasteiger partial charge in [0.25, 0.3) is 0 Å². The van der Waals surface area contributed by atoms with Gasteiger partial charge in [0.1, 0.15) is 23.2 Å². The fraction of sp³-hybridized carbons (Fsp3) is 0.304. The van der Waals surface area contributed by atoms with Crippen LogP contribution >= 0.6 is 0 Å². The Morgan fingerprint density at radius 1 is 1.00 bits per heavy atom. The van der Waals surface area contributed by atoms with Gasteiger partial charge in [-0.25, -0.2) is 9.97 Å². The van der Waals surface area contributed by atoms with Crippen molar-refractivity contribution < 1.29 is 4.74 Å². The van der Waals surface area contributed by atoms with Crippen LogP contribution in [0.15, 0.2) is 54.6 Å². The normalized spacial score (nSPS) is 10.6. The maximum absolute atomic E-state index is 5.21. The van der Waals surface area contributed by atoms with E-state index in [1.165, 1.54) is 11.1 Å². The molecular formula is C23H28N4O. The average Bonchev–Trinajstić information content (AvgIpc) is 2.69. The number of hydrogen-bond donors (Lipinski definition) is 1. The molecule has 28 heavy (non-hydrogen) atoms. The van der Waals surface area contributed by atoms with Gasteiger partial charge in [-0.1, -0.05) is 24.3 Å². The zero-order valence-corrected chi connectivity index (χ0v) is 17.1. The lowest BCUT2D eigenvalue weighted by Gasteiger charge is -2.23. The number of rotatable bonds is 8. The first-order valence-corrected chi connectivity index (χ1v) is 9.65. The smallest absolute Gasteiger partial charge is 0.138 e. The molecule has 2 aromatic carbocycles. The van der Waals surface area contributed by atoms with E-state index in [4.69, 9.17) is 4.74 Å². The Morgan fingerprint density at radius 2 is 1.79 bits per heavy atom. The highest BCUT2D eigenvalue weighted by Crippen LogP contribution is 2.26. The Kier molecular flexibility index (Phi) is 6.48. The van der Waals surface area contributed by atoms with Gasteiger partial charge in [0.05, 0.1) is 7.11 Å². The van der Waals surface area contributed by atoms with E-state index in [1.54, 1.807) is 7.11 Å². The van der Waals surface area contributed by atoms with Crippen molar-refractivity contribution in [1.82, 2.24) is 9.97 Å². The molecule has 0 radical (unpaired) electrons. The van der Waals surface area contributed by atoms with E-state index in [-0.39, 0.29) is 0 Å². The maximum atomic E-state index is 5.21. The summed E-state index contributed by atoms with van der Waals surface area (Å²) >= 11 is 0. The van der Waals surface area contributed by atoms with Crippen LogP contribution in [0, 0.1) is 13.8 Å². The van der Waals surface area contributed by atoms with Crippen LogP contribution in [0.1, 0.15) is 23.9 Å². The molecule has 0 amide bonds. The van der Waals surface area contributed by atoms with Gasteiger partial charge in [-0.05, 0) is 62.6 Å². The number of methoxy groups -OCH3 is 1. The van der Waals surface area contributed by atoms with E-state index < -0.39 is 0 Å². The van der Waals surface area contributed by atoms with Crippen molar-refractivity contribution in [2.45, 2.75) is 27.2 Å². The number of nitrogens with one attached hydrogen (secondary N) is 1. The summed E-state index contributed by atoms with van der Waals surface area (Å²) in [5.41, 5.74) is 3.64. The second-order valence-electron chi connectivity index (χ2n) is 6.77. The van der Waals surface area contributed by atoms with E-state index >= 15 is 0 Å². The van der Waals surface area contributed by atoms with Crippen molar-refractivity contribution in [3.05, 3.63) is 71.5 Å². The van der Waals surface area contributed by atoms with Crippen LogP contribution in [0.3, 0.4) is 0 Å². The third kappa shape index (κ3) is 5.00. The number of aryl methyl sites for hydroxylation is 2.